The molecule has 5 nitrogen and oxygen atoms in total. The number of thiazole rings is 1. The molecule has 0 spiro atoms. The normalized spacial score (nSPS) is 12.5. The molecule has 1 atom stereocenters. The Morgan fingerprint density at radius 2 is 2.05 bits per heavy atom. The molecular formula is C15H16N4OS. The highest BCUT2D eigenvalue weighted by molar-refractivity contribution is 7.13. The summed E-state index contributed by atoms with van der Waals surface area (Å²) in [4.78, 5) is 5.14. The molecule has 0 bridgehead atoms. The largest absolute Gasteiger partial charge is 0.418 e. The fourth-order valence-corrected chi connectivity index (χ4v) is 2.87. The standard InChI is InChI=1S/C15H16N4OS/c1-3-16-12(11-7-5-4-6-8-11)14-18-19-15(20-14)13-10(2)17-9-21-13/h4-9,12,16H,3H2,1-2H3. The lowest BCUT2D eigenvalue weighted by Gasteiger charge is -2.13. The van der Waals surface area contributed by atoms with E-state index in [1.165, 1.54) is 11.3 Å². The fourth-order valence-electron chi connectivity index (χ4n) is 2.15. The minimum atomic E-state index is -0.0920. The Bertz CT molecular complexity index is 707. The van der Waals surface area contributed by atoms with E-state index >= 15 is 0 Å². The summed E-state index contributed by atoms with van der Waals surface area (Å²) in [7, 11) is 0. The molecule has 6 heteroatoms. The fraction of sp³-hybridized carbons (Fsp3) is 0.267. The Morgan fingerprint density at radius 3 is 2.71 bits per heavy atom. The van der Waals surface area contributed by atoms with Crippen LogP contribution in [0.5, 0.6) is 0 Å². The van der Waals surface area contributed by atoms with E-state index in [1.54, 1.807) is 5.51 Å². The molecule has 3 rings (SSSR count). The predicted octanol–water partition coefficient (Wildman–Crippen LogP) is 3.20. The van der Waals surface area contributed by atoms with Crippen LogP contribution in [0.3, 0.4) is 0 Å². The summed E-state index contributed by atoms with van der Waals surface area (Å²) in [5.41, 5.74) is 3.80. The third-order valence-corrected chi connectivity index (χ3v) is 4.09. The molecule has 0 aliphatic carbocycles. The van der Waals surface area contributed by atoms with E-state index in [9.17, 15) is 0 Å². The van der Waals surface area contributed by atoms with Crippen LogP contribution in [-0.2, 0) is 0 Å². The van der Waals surface area contributed by atoms with Crippen LogP contribution in [0.2, 0.25) is 0 Å². The average molecular weight is 300 g/mol. The Hall–Kier alpha value is -2.05. The first kappa shape index (κ1) is 13.9. The Kier molecular flexibility index (Phi) is 4.08. The SMILES string of the molecule is CCNC(c1ccccc1)c1nnc(-c2scnc2C)o1. The van der Waals surface area contributed by atoms with Crippen molar-refractivity contribution in [3.63, 3.8) is 0 Å². The van der Waals surface area contributed by atoms with E-state index in [2.05, 4.69) is 39.6 Å². The van der Waals surface area contributed by atoms with Crippen LogP contribution in [-0.4, -0.2) is 21.7 Å². The van der Waals surface area contributed by atoms with Gasteiger partial charge in [0.1, 0.15) is 10.9 Å². The molecule has 0 radical (unpaired) electrons. The van der Waals surface area contributed by atoms with Gasteiger partial charge in [0.25, 0.3) is 5.89 Å². The Labute approximate surface area is 127 Å². The summed E-state index contributed by atoms with van der Waals surface area (Å²) < 4.78 is 5.86. The van der Waals surface area contributed by atoms with Crippen molar-refractivity contribution in [3.05, 3.63) is 53.0 Å². The maximum absolute atomic E-state index is 5.86. The quantitative estimate of drug-likeness (QED) is 0.784. The Morgan fingerprint density at radius 1 is 1.24 bits per heavy atom. The van der Waals surface area contributed by atoms with Gasteiger partial charge in [-0.25, -0.2) is 4.98 Å². The topological polar surface area (TPSA) is 63.8 Å². The van der Waals surface area contributed by atoms with E-state index < -0.39 is 0 Å². The van der Waals surface area contributed by atoms with Gasteiger partial charge >= 0.3 is 0 Å². The van der Waals surface area contributed by atoms with Gasteiger partial charge in [-0.2, -0.15) is 0 Å². The number of rotatable bonds is 5. The van der Waals surface area contributed by atoms with Crippen LogP contribution in [0.4, 0.5) is 0 Å². The van der Waals surface area contributed by atoms with Gasteiger partial charge in [0.05, 0.1) is 11.2 Å². The van der Waals surface area contributed by atoms with Crippen molar-refractivity contribution in [2.24, 2.45) is 0 Å². The molecular weight excluding hydrogens is 284 g/mol. The lowest BCUT2D eigenvalue weighted by molar-refractivity contribution is 0.445. The number of aryl methyl sites for hydroxylation is 1. The molecule has 0 aliphatic heterocycles. The second-order valence-electron chi connectivity index (χ2n) is 4.61. The van der Waals surface area contributed by atoms with Crippen molar-refractivity contribution in [1.82, 2.24) is 20.5 Å². The van der Waals surface area contributed by atoms with Gasteiger partial charge < -0.3 is 9.73 Å². The van der Waals surface area contributed by atoms with Crippen LogP contribution in [0.25, 0.3) is 10.8 Å². The van der Waals surface area contributed by atoms with Crippen LogP contribution in [0, 0.1) is 6.92 Å². The van der Waals surface area contributed by atoms with Crippen LogP contribution >= 0.6 is 11.3 Å². The van der Waals surface area contributed by atoms with Gasteiger partial charge in [-0.05, 0) is 19.0 Å². The number of benzene rings is 1. The zero-order valence-electron chi connectivity index (χ0n) is 11.9. The van der Waals surface area contributed by atoms with Gasteiger partial charge in [0.15, 0.2) is 0 Å². The number of hydrogen-bond acceptors (Lipinski definition) is 6. The minimum Gasteiger partial charge on any atom is -0.418 e. The van der Waals surface area contributed by atoms with Crippen molar-refractivity contribution in [3.8, 4) is 10.8 Å². The highest BCUT2D eigenvalue weighted by atomic mass is 32.1. The van der Waals surface area contributed by atoms with E-state index in [-0.39, 0.29) is 6.04 Å². The van der Waals surface area contributed by atoms with E-state index in [4.69, 9.17) is 4.42 Å². The summed E-state index contributed by atoms with van der Waals surface area (Å²) in [6.45, 7) is 4.81. The van der Waals surface area contributed by atoms with Crippen LogP contribution in [0.15, 0.2) is 40.3 Å². The smallest absolute Gasteiger partial charge is 0.259 e. The molecule has 0 saturated carbocycles. The molecule has 1 N–H and O–H groups in total. The van der Waals surface area contributed by atoms with Crippen LogP contribution < -0.4 is 5.32 Å². The summed E-state index contributed by atoms with van der Waals surface area (Å²) >= 11 is 1.51. The zero-order valence-corrected chi connectivity index (χ0v) is 12.7. The van der Waals surface area contributed by atoms with Gasteiger partial charge in [0.2, 0.25) is 5.89 Å². The molecule has 108 valence electrons. The molecule has 2 aromatic heterocycles. The molecule has 3 aromatic rings. The van der Waals surface area contributed by atoms with Crippen molar-refractivity contribution >= 4 is 11.3 Å². The first-order chi connectivity index (χ1) is 10.3. The zero-order chi connectivity index (χ0) is 14.7. The molecule has 0 amide bonds. The lowest BCUT2D eigenvalue weighted by Crippen LogP contribution is -2.22. The van der Waals surface area contributed by atoms with Gasteiger partial charge in [-0.15, -0.1) is 21.5 Å². The molecule has 2 heterocycles. The molecule has 21 heavy (non-hydrogen) atoms. The second-order valence-corrected chi connectivity index (χ2v) is 5.47. The maximum Gasteiger partial charge on any atom is 0.259 e. The van der Waals surface area contributed by atoms with Crippen molar-refractivity contribution in [2.75, 3.05) is 6.54 Å². The van der Waals surface area contributed by atoms with Crippen LogP contribution in [0.1, 0.15) is 30.1 Å². The number of aromatic nitrogens is 3. The third-order valence-electron chi connectivity index (χ3n) is 3.17. The molecule has 0 aliphatic rings. The monoisotopic (exact) mass is 300 g/mol. The highest BCUT2D eigenvalue weighted by Crippen LogP contribution is 2.28. The lowest BCUT2D eigenvalue weighted by atomic mass is 10.1. The van der Waals surface area contributed by atoms with E-state index in [0.29, 0.717) is 11.8 Å². The van der Waals surface area contributed by atoms with Crippen molar-refractivity contribution in [1.29, 1.82) is 0 Å². The number of nitrogens with one attached hydrogen (secondary N) is 1. The highest BCUT2D eigenvalue weighted by Gasteiger charge is 2.21. The molecule has 1 aromatic carbocycles. The number of nitrogens with zero attached hydrogens (tertiary/aromatic N) is 3. The van der Waals surface area contributed by atoms with Gasteiger partial charge in [-0.3, -0.25) is 0 Å². The first-order valence-corrected chi connectivity index (χ1v) is 7.69. The summed E-state index contributed by atoms with van der Waals surface area (Å²) in [6.07, 6.45) is 0. The molecule has 0 saturated heterocycles. The predicted molar refractivity (Wildman–Crippen MR) is 82.1 cm³/mol. The summed E-state index contributed by atoms with van der Waals surface area (Å²) in [5, 5.41) is 11.8. The van der Waals surface area contributed by atoms with Gasteiger partial charge in [0, 0.05) is 0 Å². The molecule has 1 unspecified atom stereocenters. The summed E-state index contributed by atoms with van der Waals surface area (Å²) in [6, 6.07) is 10.0. The van der Waals surface area contributed by atoms with Crippen molar-refractivity contribution in [2.45, 2.75) is 19.9 Å². The maximum atomic E-state index is 5.86. The second kappa shape index (κ2) is 6.15. The first-order valence-electron chi connectivity index (χ1n) is 6.81. The van der Waals surface area contributed by atoms with E-state index in [0.717, 1.165) is 22.7 Å². The van der Waals surface area contributed by atoms with Crippen molar-refractivity contribution < 1.29 is 4.42 Å². The average Bonchev–Trinajstić information content (AvgIpc) is 3.14. The minimum absolute atomic E-state index is 0.0920. The summed E-state index contributed by atoms with van der Waals surface area (Å²) in [5.74, 6) is 1.11. The number of hydrogen-bond donors (Lipinski definition) is 1. The Balaban J connectivity index is 1.94. The third kappa shape index (κ3) is 2.86. The van der Waals surface area contributed by atoms with Gasteiger partial charge in [-0.1, -0.05) is 37.3 Å². The van der Waals surface area contributed by atoms with E-state index in [1.807, 2.05) is 25.1 Å². The molecule has 0 fully saturated rings.